The molecule has 43 heavy (non-hydrogen) atoms. The molecule has 5 aromatic rings. The van der Waals surface area contributed by atoms with E-state index in [-0.39, 0.29) is 5.91 Å². The number of thiophene rings is 1. The molecule has 8 nitrogen and oxygen atoms in total. The number of hydrogen-bond donors (Lipinski definition) is 1. The number of carbonyl (C=O) groups excluding carboxylic acids is 1. The summed E-state index contributed by atoms with van der Waals surface area (Å²) in [5.74, 6) is 1.44. The van der Waals surface area contributed by atoms with E-state index in [1.54, 1.807) is 21.3 Å². The highest BCUT2D eigenvalue weighted by molar-refractivity contribution is 7.21. The third kappa shape index (κ3) is 5.42. The van der Waals surface area contributed by atoms with Crippen LogP contribution in [-0.4, -0.2) is 63.3 Å². The van der Waals surface area contributed by atoms with Crippen molar-refractivity contribution in [3.8, 4) is 39.6 Å². The zero-order valence-corrected chi connectivity index (χ0v) is 25.7. The summed E-state index contributed by atoms with van der Waals surface area (Å²) in [6, 6.07) is 23.5. The Morgan fingerprint density at radius 3 is 2.19 bits per heavy atom. The minimum absolute atomic E-state index is 0.0941. The summed E-state index contributed by atoms with van der Waals surface area (Å²) in [7, 11) is 4.74. The topological polar surface area (TPSA) is 90.2 Å². The Morgan fingerprint density at radius 1 is 0.860 bits per heavy atom. The first-order valence-corrected chi connectivity index (χ1v) is 15.0. The van der Waals surface area contributed by atoms with Crippen LogP contribution in [0.4, 0.5) is 11.4 Å². The van der Waals surface area contributed by atoms with E-state index in [4.69, 9.17) is 36.5 Å². The SMILES string of the molecule is COc1cc(-c2cc(-c3ccccc3)nc3sc(C(=O)N4CCN(c5cccc(Cl)c5)CC4)c(N)c23)cc(OC)c1OC. The van der Waals surface area contributed by atoms with E-state index in [9.17, 15) is 4.79 Å². The van der Waals surface area contributed by atoms with Crippen LogP contribution in [-0.2, 0) is 0 Å². The van der Waals surface area contributed by atoms with Crippen LogP contribution < -0.4 is 24.8 Å². The molecular formula is C33H31ClN4O4S. The van der Waals surface area contributed by atoms with Gasteiger partial charge in [0.1, 0.15) is 9.71 Å². The standard InChI is InChI=1S/C33H31ClN4O4S/c1-40-26-16-21(17-27(41-2)30(26)42-3)24-19-25(20-8-5-4-6-9-20)36-32-28(24)29(35)31(43-32)33(39)38-14-12-37(13-15-38)23-11-7-10-22(34)18-23/h4-11,16-19H,12-15,35H2,1-3H3. The number of nitrogens with two attached hydrogens (primary N) is 1. The molecule has 3 heterocycles. The fourth-order valence-electron chi connectivity index (χ4n) is 5.49. The Labute approximate surface area is 259 Å². The van der Waals surface area contributed by atoms with Crippen molar-refractivity contribution >= 4 is 50.4 Å². The maximum absolute atomic E-state index is 13.9. The average Bonchev–Trinajstić information content (AvgIpc) is 3.39. The fraction of sp³-hybridized carbons (Fsp3) is 0.212. The highest BCUT2D eigenvalue weighted by Crippen LogP contribution is 2.46. The third-order valence-corrected chi connectivity index (χ3v) is 9.00. The van der Waals surface area contributed by atoms with Gasteiger partial charge in [0.15, 0.2) is 11.5 Å². The van der Waals surface area contributed by atoms with E-state index < -0.39 is 0 Å². The van der Waals surface area contributed by atoms with Gasteiger partial charge in [-0.15, -0.1) is 11.3 Å². The minimum atomic E-state index is -0.0941. The maximum atomic E-state index is 13.9. The van der Waals surface area contributed by atoms with Crippen LogP contribution >= 0.6 is 22.9 Å². The number of anilines is 2. The number of fused-ring (bicyclic) bond motifs is 1. The van der Waals surface area contributed by atoms with Crippen LogP contribution in [0.3, 0.4) is 0 Å². The molecule has 2 N–H and O–H groups in total. The number of amides is 1. The Hall–Kier alpha value is -4.47. The Balaban J connectivity index is 1.42. The van der Waals surface area contributed by atoms with Crippen molar-refractivity contribution in [2.75, 3.05) is 58.1 Å². The average molecular weight is 615 g/mol. The Morgan fingerprint density at radius 2 is 1.56 bits per heavy atom. The van der Waals surface area contributed by atoms with Gasteiger partial charge in [0.05, 0.1) is 32.7 Å². The van der Waals surface area contributed by atoms with Gasteiger partial charge < -0.3 is 29.7 Å². The largest absolute Gasteiger partial charge is 0.493 e. The molecule has 220 valence electrons. The summed E-state index contributed by atoms with van der Waals surface area (Å²) in [5, 5.41) is 1.42. The molecule has 6 rings (SSSR count). The number of carbonyl (C=O) groups is 1. The van der Waals surface area contributed by atoms with E-state index >= 15 is 0 Å². The molecule has 0 saturated carbocycles. The van der Waals surface area contributed by atoms with Gasteiger partial charge in [0.25, 0.3) is 5.91 Å². The molecule has 1 aliphatic heterocycles. The quantitative estimate of drug-likeness (QED) is 0.214. The lowest BCUT2D eigenvalue weighted by molar-refractivity contribution is 0.0752. The molecule has 0 unspecified atom stereocenters. The summed E-state index contributed by atoms with van der Waals surface area (Å²) in [6.45, 7) is 2.54. The Bertz CT molecular complexity index is 1780. The monoisotopic (exact) mass is 614 g/mol. The summed E-state index contributed by atoms with van der Waals surface area (Å²) in [5.41, 5.74) is 11.6. The lowest BCUT2D eigenvalue weighted by Gasteiger charge is -2.36. The predicted octanol–water partition coefficient (Wildman–Crippen LogP) is 6.85. The molecule has 3 aromatic carbocycles. The molecule has 0 spiro atoms. The van der Waals surface area contributed by atoms with Crippen molar-refractivity contribution < 1.29 is 19.0 Å². The van der Waals surface area contributed by atoms with Crippen molar-refractivity contribution in [2.45, 2.75) is 0 Å². The molecule has 1 saturated heterocycles. The van der Waals surface area contributed by atoms with Gasteiger partial charge in [-0.05, 0) is 47.5 Å². The normalized spacial score (nSPS) is 13.3. The lowest BCUT2D eigenvalue weighted by atomic mass is 9.98. The van der Waals surface area contributed by atoms with Crippen molar-refractivity contribution in [2.24, 2.45) is 0 Å². The molecule has 2 aromatic heterocycles. The number of rotatable bonds is 7. The number of benzene rings is 3. The van der Waals surface area contributed by atoms with Crippen molar-refractivity contribution in [3.63, 3.8) is 0 Å². The number of nitrogen functional groups attached to an aromatic ring is 1. The second-order valence-electron chi connectivity index (χ2n) is 10.1. The van der Waals surface area contributed by atoms with E-state index in [0.717, 1.165) is 33.5 Å². The second-order valence-corrected chi connectivity index (χ2v) is 11.6. The van der Waals surface area contributed by atoms with E-state index in [2.05, 4.69) is 4.90 Å². The predicted molar refractivity (Wildman–Crippen MR) is 174 cm³/mol. The van der Waals surface area contributed by atoms with Crippen LogP contribution in [0.5, 0.6) is 17.2 Å². The molecule has 0 bridgehead atoms. The minimum Gasteiger partial charge on any atom is -0.493 e. The maximum Gasteiger partial charge on any atom is 0.266 e. The molecule has 0 radical (unpaired) electrons. The van der Waals surface area contributed by atoms with Gasteiger partial charge in [-0.1, -0.05) is 48.0 Å². The van der Waals surface area contributed by atoms with Crippen LogP contribution in [0, 0.1) is 0 Å². The van der Waals surface area contributed by atoms with Gasteiger partial charge in [-0.2, -0.15) is 0 Å². The van der Waals surface area contributed by atoms with Gasteiger partial charge in [-0.25, -0.2) is 4.98 Å². The first-order valence-electron chi connectivity index (χ1n) is 13.8. The molecular weight excluding hydrogens is 584 g/mol. The molecule has 0 aliphatic carbocycles. The van der Waals surface area contributed by atoms with Crippen LogP contribution in [0.2, 0.25) is 5.02 Å². The van der Waals surface area contributed by atoms with Crippen LogP contribution in [0.15, 0.2) is 72.8 Å². The van der Waals surface area contributed by atoms with Crippen LogP contribution in [0.1, 0.15) is 9.67 Å². The smallest absolute Gasteiger partial charge is 0.266 e. The van der Waals surface area contributed by atoms with Crippen LogP contribution in [0.25, 0.3) is 32.6 Å². The Kier molecular flexibility index (Phi) is 8.01. The number of pyridine rings is 1. The number of ether oxygens (including phenoxy) is 3. The first kappa shape index (κ1) is 28.6. The van der Waals surface area contributed by atoms with Crippen molar-refractivity contribution in [3.05, 3.63) is 82.7 Å². The van der Waals surface area contributed by atoms with Crippen molar-refractivity contribution in [1.82, 2.24) is 9.88 Å². The fourth-order valence-corrected chi connectivity index (χ4v) is 6.76. The molecule has 0 atom stereocenters. The molecule has 10 heteroatoms. The highest BCUT2D eigenvalue weighted by Gasteiger charge is 2.28. The zero-order valence-electron chi connectivity index (χ0n) is 24.1. The number of aromatic nitrogens is 1. The zero-order chi connectivity index (χ0) is 30.1. The first-order chi connectivity index (χ1) is 20.9. The van der Waals surface area contributed by atoms with Gasteiger partial charge in [0.2, 0.25) is 5.75 Å². The van der Waals surface area contributed by atoms with E-state index in [1.807, 2.05) is 77.7 Å². The van der Waals surface area contributed by atoms with Gasteiger partial charge in [0, 0.05) is 47.8 Å². The van der Waals surface area contributed by atoms with Gasteiger partial charge in [-0.3, -0.25) is 4.79 Å². The van der Waals surface area contributed by atoms with E-state index in [0.29, 0.717) is 63.8 Å². The summed E-state index contributed by atoms with van der Waals surface area (Å²) >= 11 is 7.53. The lowest BCUT2D eigenvalue weighted by Crippen LogP contribution is -2.48. The third-order valence-electron chi connectivity index (χ3n) is 7.68. The summed E-state index contributed by atoms with van der Waals surface area (Å²) < 4.78 is 16.8. The summed E-state index contributed by atoms with van der Waals surface area (Å²) in [4.78, 5) is 24.2. The van der Waals surface area contributed by atoms with Gasteiger partial charge >= 0.3 is 0 Å². The molecule has 1 aliphatic rings. The second kappa shape index (κ2) is 12.0. The van der Waals surface area contributed by atoms with E-state index in [1.165, 1.54) is 11.3 Å². The number of hydrogen-bond acceptors (Lipinski definition) is 8. The molecule has 1 amide bonds. The molecule has 1 fully saturated rings. The number of nitrogens with zero attached hydrogens (tertiary/aromatic N) is 3. The number of methoxy groups -OCH3 is 3. The highest BCUT2D eigenvalue weighted by atomic mass is 35.5. The number of piperazine rings is 1. The summed E-state index contributed by atoms with van der Waals surface area (Å²) in [6.07, 6.45) is 0. The number of halogens is 1. The van der Waals surface area contributed by atoms with Crippen molar-refractivity contribution in [1.29, 1.82) is 0 Å².